The van der Waals surface area contributed by atoms with E-state index in [-0.39, 0.29) is 0 Å². The maximum absolute atomic E-state index is 5.48. The number of methoxy groups -OCH3 is 1. The van der Waals surface area contributed by atoms with Gasteiger partial charge in [0, 0.05) is 60.0 Å². The van der Waals surface area contributed by atoms with Crippen LogP contribution in [0.1, 0.15) is 12.0 Å². The van der Waals surface area contributed by atoms with E-state index >= 15 is 0 Å². The highest BCUT2D eigenvalue weighted by Gasteiger charge is 2.19. The Balaban J connectivity index is 1.62. The quantitative estimate of drug-likeness (QED) is 0.416. The van der Waals surface area contributed by atoms with Crippen molar-refractivity contribution in [2.75, 3.05) is 66.7 Å². The molecule has 0 spiro atoms. The van der Waals surface area contributed by atoms with Crippen LogP contribution in [0.25, 0.3) is 0 Å². The second kappa shape index (κ2) is 11.8. The maximum atomic E-state index is 5.48. The molecular formula is C19H32N4O2. The smallest absolute Gasteiger partial charge is 0.193 e. The molecule has 0 amide bonds. The van der Waals surface area contributed by atoms with Gasteiger partial charge in [0.15, 0.2) is 5.96 Å². The Morgan fingerprint density at radius 2 is 1.84 bits per heavy atom. The second-order valence-electron chi connectivity index (χ2n) is 6.18. The molecule has 0 bridgehead atoms. The normalized spacial score (nSPS) is 16.2. The molecule has 6 heteroatoms. The Morgan fingerprint density at radius 3 is 2.52 bits per heavy atom. The number of hydrogen-bond acceptors (Lipinski definition) is 4. The lowest BCUT2D eigenvalue weighted by atomic mass is 10.2. The molecule has 1 aromatic carbocycles. The third-order valence-corrected chi connectivity index (χ3v) is 4.31. The molecule has 6 nitrogen and oxygen atoms in total. The molecule has 1 N–H and O–H groups in total. The first-order valence-corrected chi connectivity index (χ1v) is 9.12. The average molecular weight is 348 g/mol. The van der Waals surface area contributed by atoms with E-state index in [0.717, 1.165) is 58.3 Å². The van der Waals surface area contributed by atoms with Crippen molar-refractivity contribution >= 4 is 5.96 Å². The van der Waals surface area contributed by atoms with E-state index < -0.39 is 0 Å². The molecule has 0 unspecified atom stereocenters. The molecule has 1 aliphatic heterocycles. The summed E-state index contributed by atoms with van der Waals surface area (Å²) in [6, 6.07) is 10.7. The Hall–Kier alpha value is -1.63. The standard InChI is InChI=1S/C19H32N4O2/c1-20-19(21-9-6-14-25-16-15-24-2)23-12-10-22(11-13-23)17-18-7-4-3-5-8-18/h3-5,7-8H,6,9-17H2,1-2H3,(H,20,21). The number of nitrogens with zero attached hydrogens (tertiary/aromatic N) is 3. The van der Waals surface area contributed by atoms with Crippen molar-refractivity contribution < 1.29 is 9.47 Å². The van der Waals surface area contributed by atoms with Crippen LogP contribution in [0.5, 0.6) is 0 Å². The summed E-state index contributed by atoms with van der Waals surface area (Å²) in [6.45, 7) is 8.12. The highest BCUT2D eigenvalue weighted by molar-refractivity contribution is 5.79. The van der Waals surface area contributed by atoms with Gasteiger partial charge in [0.25, 0.3) is 0 Å². The van der Waals surface area contributed by atoms with Gasteiger partial charge in [-0.1, -0.05) is 30.3 Å². The Labute approximate surface area is 151 Å². The van der Waals surface area contributed by atoms with E-state index in [9.17, 15) is 0 Å². The van der Waals surface area contributed by atoms with Gasteiger partial charge in [-0.25, -0.2) is 0 Å². The first kappa shape index (κ1) is 19.7. The minimum absolute atomic E-state index is 0.655. The van der Waals surface area contributed by atoms with Gasteiger partial charge >= 0.3 is 0 Å². The van der Waals surface area contributed by atoms with Crippen molar-refractivity contribution in [1.82, 2.24) is 15.1 Å². The zero-order valence-corrected chi connectivity index (χ0v) is 15.6. The Bertz CT molecular complexity index is 487. The fourth-order valence-electron chi connectivity index (χ4n) is 2.91. The summed E-state index contributed by atoms with van der Waals surface area (Å²) in [4.78, 5) is 9.26. The van der Waals surface area contributed by atoms with E-state index in [2.05, 4.69) is 50.4 Å². The summed E-state index contributed by atoms with van der Waals surface area (Å²) >= 11 is 0. The minimum atomic E-state index is 0.655. The molecule has 140 valence electrons. The summed E-state index contributed by atoms with van der Waals surface area (Å²) in [5, 5.41) is 3.44. The average Bonchev–Trinajstić information content (AvgIpc) is 2.66. The van der Waals surface area contributed by atoms with Crippen LogP contribution in [0.15, 0.2) is 35.3 Å². The van der Waals surface area contributed by atoms with Gasteiger partial charge in [-0.05, 0) is 12.0 Å². The van der Waals surface area contributed by atoms with Gasteiger partial charge in [-0.15, -0.1) is 0 Å². The highest BCUT2D eigenvalue weighted by Crippen LogP contribution is 2.08. The first-order valence-electron chi connectivity index (χ1n) is 9.12. The van der Waals surface area contributed by atoms with Crippen molar-refractivity contribution in [3.8, 4) is 0 Å². The third kappa shape index (κ3) is 7.42. The Kier molecular flexibility index (Phi) is 9.33. The van der Waals surface area contributed by atoms with Gasteiger partial charge in [0.1, 0.15) is 0 Å². The van der Waals surface area contributed by atoms with Crippen LogP contribution in [0, 0.1) is 0 Å². The van der Waals surface area contributed by atoms with Crippen LogP contribution >= 0.6 is 0 Å². The van der Waals surface area contributed by atoms with Crippen molar-refractivity contribution in [1.29, 1.82) is 0 Å². The summed E-state index contributed by atoms with van der Waals surface area (Å²) in [5.41, 5.74) is 1.38. The fourth-order valence-corrected chi connectivity index (χ4v) is 2.91. The third-order valence-electron chi connectivity index (χ3n) is 4.31. The summed E-state index contributed by atoms with van der Waals surface area (Å²) in [7, 11) is 3.54. The molecule has 1 heterocycles. The van der Waals surface area contributed by atoms with Crippen molar-refractivity contribution in [2.45, 2.75) is 13.0 Å². The number of guanidine groups is 1. The second-order valence-corrected chi connectivity index (χ2v) is 6.18. The molecule has 0 atom stereocenters. The lowest BCUT2D eigenvalue weighted by molar-refractivity contribution is 0.0697. The molecule has 2 rings (SSSR count). The number of rotatable bonds is 9. The van der Waals surface area contributed by atoms with Crippen LogP contribution < -0.4 is 5.32 Å². The van der Waals surface area contributed by atoms with E-state index in [1.54, 1.807) is 7.11 Å². The van der Waals surface area contributed by atoms with E-state index in [4.69, 9.17) is 9.47 Å². The van der Waals surface area contributed by atoms with Crippen molar-refractivity contribution in [3.05, 3.63) is 35.9 Å². The number of piperazine rings is 1. The molecule has 1 aliphatic rings. The molecule has 0 aliphatic carbocycles. The van der Waals surface area contributed by atoms with Crippen LogP contribution in [-0.2, 0) is 16.0 Å². The van der Waals surface area contributed by atoms with Gasteiger partial charge in [-0.3, -0.25) is 9.89 Å². The molecule has 0 saturated carbocycles. The summed E-state index contributed by atoms with van der Waals surface area (Å²) in [6.07, 6.45) is 0.969. The molecular weight excluding hydrogens is 316 g/mol. The monoisotopic (exact) mass is 348 g/mol. The van der Waals surface area contributed by atoms with Crippen molar-refractivity contribution in [3.63, 3.8) is 0 Å². The molecule has 25 heavy (non-hydrogen) atoms. The predicted octanol–water partition coefficient (Wildman–Crippen LogP) is 1.43. The van der Waals surface area contributed by atoms with E-state index in [1.807, 2.05) is 7.05 Å². The first-order chi connectivity index (χ1) is 12.3. The SMILES string of the molecule is CN=C(NCCCOCCOC)N1CCN(Cc2ccccc2)CC1. The lowest BCUT2D eigenvalue weighted by Gasteiger charge is -2.36. The maximum Gasteiger partial charge on any atom is 0.193 e. The minimum Gasteiger partial charge on any atom is -0.382 e. The molecule has 1 aromatic rings. The van der Waals surface area contributed by atoms with Gasteiger partial charge in [0.05, 0.1) is 13.2 Å². The largest absolute Gasteiger partial charge is 0.382 e. The summed E-state index contributed by atoms with van der Waals surface area (Å²) in [5.74, 6) is 0.997. The predicted molar refractivity (Wildman–Crippen MR) is 102 cm³/mol. The molecule has 0 radical (unpaired) electrons. The van der Waals surface area contributed by atoms with Crippen LogP contribution in [0.2, 0.25) is 0 Å². The highest BCUT2D eigenvalue weighted by atomic mass is 16.5. The summed E-state index contributed by atoms with van der Waals surface area (Å²) < 4.78 is 10.4. The fraction of sp³-hybridized carbons (Fsp3) is 0.632. The van der Waals surface area contributed by atoms with Gasteiger partial charge < -0.3 is 19.7 Å². The number of benzene rings is 1. The topological polar surface area (TPSA) is 49.3 Å². The Morgan fingerprint density at radius 1 is 1.08 bits per heavy atom. The van der Waals surface area contributed by atoms with Crippen LogP contribution in [0.3, 0.4) is 0 Å². The molecule has 1 saturated heterocycles. The van der Waals surface area contributed by atoms with Gasteiger partial charge in [-0.2, -0.15) is 0 Å². The molecule has 1 fully saturated rings. The zero-order chi connectivity index (χ0) is 17.7. The van der Waals surface area contributed by atoms with E-state index in [1.165, 1.54) is 5.56 Å². The van der Waals surface area contributed by atoms with Gasteiger partial charge in [0.2, 0.25) is 0 Å². The van der Waals surface area contributed by atoms with E-state index in [0.29, 0.717) is 13.2 Å². The number of ether oxygens (including phenoxy) is 2. The van der Waals surface area contributed by atoms with Crippen LogP contribution in [-0.4, -0.2) is 82.5 Å². The zero-order valence-electron chi connectivity index (χ0n) is 15.6. The lowest BCUT2D eigenvalue weighted by Crippen LogP contribution is -2.52. The van der Waals surface area contributed by atoms with Crippen molar-refractivity contribution in [2.24, 2.45) is 4.99 Å². The van der Waals surface area contributed by atoms with Crippen LogP contribution in [0.4, 0.5) is 0 Å². The number of hydrogen-bond donors (Lipinski definition) is 1. The number of nitrogens with one attached hydrogen (secondary N) is 1. The molecule has 0 aromatic heterocycles. The number of aliphatic imine (C=N–C) groups is 1.